The zero-order chi connectivity index (χ0) is 20.2. The van der Waals surface area contributed by atoms with Crippen LogP contribution in [-0.4, -0.2) is 34.7 Å². The maximum atomic E-state index is 13.0. The Morgan fingerprint density at radius 1 is 1.14 bits per heavy atom. The Morgan fingerprint density at radius 3 is 2.29 bits per heavy atom. The molecule has 1 heterocycles. The van der Waals surface area contributed by atoms with Crippen molar-refractivity contribution < 1.29 is 27.7 Å². The zero-order valence-electron chi connectivity index (χ0n) is 14.5. The number of carbonyl (C=O) groups excluding carboxylic acids is 2. The van der Waals surface area contributed by atoms with Crippen molar-refractivity contribution in [3.05, 3.63) is 46.0 Å². The molecule has 1 saturated carbocycles. The van der Waals surface area contributed by atoms with Crippen molar-refractivity contribution in [1.82, 2.24) is 4.90 Å². The normalized spacial score (nSPS) is 28.2. The van der Waals surface area contributed by atoms with Gasteiger partial charge in [-0.15, -0.1) is 0 Å². The molecule has 1 saturated heterocycles. The number of hydrogen-bond acceptors (Lipinski definition) is 5. The van der Waals surface area contributed by atoms with E-state index in [4.69, 9.17) is 0 Å². The number of alkyl halides is 3. The number of allylic oxidation sites excluding steroid dienone is 2. The van der Waals surface area contributed by atoms with Gasteiger partial charge in [0.25, 0.3) is 5.69 Å². The van der Waals surface area contributed by atoms with Crippen LogP contribution in [0.3, 0.4) is 0 Å². The molecular formula is C18H16F3N3O4. The highest BCUT2D eigenvalue weighted by Crippen LogP contribution is 2.52. The maximum absolute atomic E-state index is 13.0. The minimum atomic E-state index is -4.87. The zero-order valence-corrected chi connectivity index (χ0v) is 14.5. The Labute approximate surface area is 157 Å². The molecule has 2 aliphatic carbocycles. The molecule has 0 aromatic heterocycles. The molecule has 1 aromatic carbocycles. The Kier molecular flexibility index (Phi) is 4.16. The smallest absolute Gasteiger partial charge is 0.383 e. The second-order valence-corrected chi connectivity index (χ2v) is 7.24. The van der Waals surface area contributed by atoms with Crippen molar-refractivity contribution in [2.45, 2.75) is 12.6 Å². The van der Waals surface area contributed by atoms with Gasteiger partial charge in [-0.05, 0) is 30.4 Å². The Balaban J connectivity index is 1.43. The predicted octanol–water partition coefficient (Wildman–Crippen LogP) is 2.83. The van der Waals surface area contributed by atoms with Gasteiger partial charge in [-0.3, -0.25) is 24.6 Å². The van der Waals surface area contributed by atoms with Crippen LogP contribution in [0.25, 0.3) is 0 Å². The van der Waals surface area contributed by atoms with E-state index in [1.807, 2.05) is 12.2 Å². The summed E-state index contributed by atoms with van der Waals surface area (Å²) in [4.78, 5) is 36.0. The molecule has 10 heteroatoms. The number of carbonyl (C=O) groups is 2. The minimum Gasteiger partial charge on any atom is -0.383 e. The molecule has 2 amide bonds. The quantitative estimate of drug-likeness (QED) is 0.358. The van der Waals surface area contributed by atoms with Crippen molar-refractivity contribution in [1.29, 1.82) is 0 Å². The number of amides is 2. The first kappa shape index (κ1) is 18.5. The van der Waals surface area contributed by atoms with Gasteiger partial charge in [-0.1, -0.05) is 12.2 Å². The first-order chi connectivity index (χ1) is 13.2. The number of rotatable bonds is 5. The summed E-state index contributed by atoms with van der Waals surface area (Å²) < 4.78 is 39.1. The van der Waals surface area contributed by atoms with Crippen LogP contribution in [0.2, 0.25) is 0 Å². The van der Waals surface area contributed by atoms with Crippen molar-refractivity contribution in [2.75, 3.05) is 18.4 Å². The third kappa shape index (κ3) is 2.83. The molecule has 28 heavy (non-hydrogen) atoms. The fourth-order valence-electron chi connectivity index (χ4n) is 4.53. The summed E-state index contributed by atoms with van der Waals surface area (Å²) in [7, 11) is 0. The van der Waals surface area contributed by atoms with E-state index in [0.717, 1.165) is 12.5 Å². The molecule has 0 spiro atoms. The van der Waals surface area contributed by atoms with Crippen LogP contribution in [0.15, 0.2) is 30.4 Å². The number of likely N-dealkylation sites (tertiary alicyclic amines) is 1. The molecule has 2 bridgehead atoms. The lowest BCUT2D eigenvalue weighted by Gasteiger charge is -2.18. The van der Waals surface area contributed by atoms with E-state index in [2.05, 4.69) is 5.32 Å². The summed E-state index contributed by atoms with van der Waals surface area (Å²) in [6.45, 7) is 0.0806. The number of halogens is 3. The van der Waals surface area contributed by atoms with E-state index in [0.29, 0.717) is 6.07 Å². The Morgan fingerprint density at radius 2 is 1.75 bits per heavy atom. The molecule has 7 nitrogen and oxygen atoms in total. The summed E-state index contributed by atoms with van der Waals surface area (Å²) in [6.07, 6.45) is -0.0881. The fraction of sp³-hybridized carbons (Fsp3) is 0.444. The second-order valence-electron chi connectivity index (χ2n) is 7.24. The number of anilines is 1. The topological polar surface area (TPSA) is 92.6 Å². The van der Waals surface area contributed by atoms with Gasteiger partial charge in [0.2, 0.25) is 11.8 Å². The monoisotopic (exact) mass is 395 g/mol. The first-order valence-corrected chi connectivity index (χ1v) is 8.81. The maximum Gasteiger partial charge on any atom is 0.423 e. The first-order valence-electron chi connectivity index (χ1n) is 8.81. The number of nitrogens with zero attached hydrogens (tertiary/aromatic N) is 2. The molecule has 148 valence electrons. The number of nitro groups is 1. The lowest BCUT2D eigenvalue weighted by atomic mass is 9.85. The molecule has 4 rings (SSSR count). The van der Waals surface area contributed by atoms with Crippen molar-refractivity contribution in [3.8, 4) is 0 Å². The number of imide groups is 1. The summed E-state index contributed by atoms with van der Waals surface area (Å²) in [5.41, 5.74) is -2.36. The second kappa shape index (κ2) is 6.32. The van der Waals surface area contributed by atoms with E-state index < -0.39 is 22.4 Å². The van der Waals surface area contributed by atoms with Crippen molar-refractivity contribution in [3.63, 3.8) is 0 Å². The largest absolute Gasteiger partial charge is 0.423 e. The molecule has 1 aliphatic heterocycles. The average molecular weight is 395 g/mol. The van der Waals surface area contributed by atoms with Crippen molar-refractivity contribution >= 4 is 23.2 Å². The number of nitrogens with one attached hydrogen (secondary N) is 1. The third-order valence-corrected chi connectivity index (χ3v) is 5.72. The van der Waals surface area contributed by atoms with Crippen LogP contribution in [-0.2, 0) is 15.8 Å². The van der Waals surface area contributed by atoms with Gasteiger partial charge >= 0.3 is 6.18 Å². The lowest BCUT2D eigenvalue weighted by molar-refractivity contribution is -0.388. The van der Waals surface area contributed by atoms with Gasteiger partial charge in [0.1, 0.15) is 5.56 Å². The van der Waals surface area contributed by atoms with Gasteiger partial charge in [-0.2, -0.15) is 13.2 Å². The van der Waals surface area contributed by atoms with Gasteiger partial charge < -0.3 is 5.32 Å². The van der Waals surface area contributed by atoms with Crippen LogP contribution in [0, 0.1) is 33.8 Å². The van der Waals surface area contributed by atoms with E-state index in [9.17, 15) is 32.9 Å². The molecule has 3 aliphatic rings. The standard InChI is InChI=1S/C18H16F3N3O4/c19-18(20,21)12-8-11(3-4-13(12)24(27)28)22-5-6-23-16(25)14-9-1-2-10(7-9)15(14)17(23)26/h1-4,8-10,14-15,22H,5-7H2/t9-,10-,14-,15-/m0/s1. The molecule has 1 N–H and O–H groups in total. The highest BCUT2D eigenvalue weighted by Gasteiger charge is 2.58. The van der Waals surface area contributed by atoms with Crippen LogP contribution >= 0.6 is 0 Å². The van der Waals surface area contributed by atoms with Crippen molar-refractivity contribution in [2.24, 2.45) is 23.7 Å². The molecule has 1 aromatic rings. The minimum absolute atomic E-state index is 0.0268. The Hall–Kier alpha value is -2.91. The van der Waals surface area contributed by atoms with Crippen LogP contribution in [0.4, 0.5) is 24.5 Å². The van der Waals surface area contributed by atoms with Crippen LogP contribution < -0.4 is 5.32 Å². The van der Waals surface area contributed by atoms with Gasteiger partial charge in [0.15, 0.2) is 0 Å². The number of fused-ring (bicyclic) bond motifs is 5. The number of nitro benzene ring substituents is 1. The predicted molar refractivity (Wildman–Crippen MR) is 91.0 cm³/mol. The summed E-state index contributed by atoms with van der Waals surface area (Å²) in [5, 5.41) is 13.5. The summed E-state index contributed by atoms with van der Waals surface area (Å²) in [5.74, 6) is -0.916. The number of benzene rings is 1. The van der Waals surface area contributed by atoms with E-state index in [-0.39, 0.29) is 54.3 Å². The van der Waals surface area contributed by atoms with E-state index in [1.54, 1.807) is 0 Å². The fourth-order valence-corrected chi connectivity index (χ4v) is 4.53. The highest BCUT2D eigenvalue weighted by molar-refractivity contribution is 6.06. The lowest BCUT2D eigenvalue weighted by Crippen LogP contribution is -2.36. The molecule has 4 atom stereocenters. The molecule has 0 unspecified atom stereocenters. The Bertz CT molecular complexity index is 869. The molecule has 2 fully saturated rings. The molecule has 0 radical (unpaired) electrons. The SMILES string of the molecule is O=C1[C@@H]2[C@@H](C(=O)N1CCNc1ccc([N+](=O)[O-])c(C(F)(F)F)c1)[C@H]1C=C[C@H]2C1. The average Bonchev–Trinajstić information content (AvgIpc) is 3.30. The summed E-state index contributed by atoms with van der Waals surface area (Å²) in [6, 6.07) is 2.61. The van der Waals surface area contributed by atoms with Gasteiger partial charge in [-0.25, -0.2) is 0 Å². The van der Waals surface area contributed by atoms with Crippen LogP contribution in [0.5, 0.6) is 0 Å². The van der Waals surface area contributed by atoms with Crippen LogP contribution in [0.1, 0.15) is 12.0 Å². The van der Waals surface area contributed by atoms with E-state index in [1.165, 1.54) is 11.0 Å². The van der Waals surface area contributed by atoms with Gasteiger partial charge in [0.05, 0.1) is 16.8 Å². The molecular weight excluding hydrogens is 379 g/mol. The van der Waals surface area contributed by atoms with E-state index >= 15 is 0 Å². The third-order valence-electron chi connectivity index (χ3n) is 5.72. The summed E-state index contributed by atoms with van der Waals surface area (Å²) >= 11 is 0. The van der Waals surface area contributed by atoms with Gasteiger partial charge in [0, 0.05) is 24.8 Å². The number of hydrogen-bond donors (Lipinski definition) is 1. The highest BCUT2D eigenvalue weighted by atomic mass is 19.4.